The number of oxazole rings is 1. The van der Waals surface area contributed by atoms with Crippen LogP contribution in [-0.4, -0.2) is 20.2 Å². The zero-order chi connectivity index (χ0) is 18.2. The van der Waals surface area contributed by atoms with Gasteiger partial charge in [-0.3, -0.25) is 5.10 Å². The van der Waals surface area contributed by atoms with Crippen LogP contribution in [0.15, 0.2) is 57.3 Å². The van der Waals surface area contributed by atoms with E-state index in [0.29, 0.717) is 17.5 Å². The molecule has 3 aromatic heterocycles. The first-order chi connectivity index (χ1) is 13.2. The summed E-state index contributed by atoms with van der Waals surface area (Å²) in [6.07, 6.45) is 5.65. The Morgan fingerprint density at radius 3 is 2.96 bits per heavy atom. The van der Waals surface area contributed by atoms with Gasteiger partial charge in [0.05, 0.1) is 16.7 Å². The summed E-state index contributed by atoms with van der Waals surface area (Å²) < 4.78 is 12.0. The van der Waals surface area contributed by atoms with E-state index in [2.05, 4.69) is 20.2 Å². The fourth-order valence-electron chi connectivity index (χ4n) is 2.71. The Labute approximate surface area is 164 Å². The van der Waals surface area contributed by atoms with Crippen molar-refractivity contribution in [1.82, 2.24) is 20.2 Å². The number of fused-ring (bicyclic) bond motifs is 1. The maximum absolute atomic E-state index is 6.00. The lowest BCUT2D eigenvalue weighted by atomic mass is 10.2. The van der Waals surface area contributed by atoms with E-state index in [0.717, 1.165) is 51.2 Å². The largest absolute Gasteiger partial charge is 0.487 e. The van der Waals surface area contributed by atoms with Crippen LogP contribution in [0.2, 0.25) is 5.02 Å². The Morgan fingerprint density at radius 2 is 2.15 bits per heavy atom. The highest BCUT2D eigenvalue weighted by atomic mass is 35.5. The van der Waals surface area contributed by atoms with Crippen molar-refractivity contribution in [3.05, 3.63) is 59.3 Å². The molecule has 5 rings (SSSR count). The number of nitrogens with zero attached hydrogens (tertiary/aromatic N) is 3. The number of aromatic nitrogens is 4. The molecule has 0 bridgehead atoms. The Balaban J connectivity index is 1.37. The van der Waals surface area contributed by atoms with Crippen LogP contribution in [0.25, 0.3) is 10.9 Å². The summed E-state index contributed by atoms with van der Waals surface area (Å²) in [7, 11) is 0. The third kappa shape index (κ3) is 3.65. The number of rotatable bonds is 6. The zero-order valence-corrected chi connectivity index (χ0v) is 15.8. The zero-order valence-electron chi connectivity index (χ0n) is 14.2. The van der Waals surface area contributed by atoms with Gasteiger partial charge in [0, 0.05) is 17.5 Å². The minimum absolute atomic E-state index is 0.329. The average molecular weight is 399 g/mol. The third-order valence-corrected chi connectivity index (χ3v) is 5.47. The lowest BCUT2D eigenvalue weighted by Crippen LogP contribution is -1.97. The molecule has 0 spiro atoms. The van der Waals surface area contributed by atoms with Crippen LogP contribution in [0.1, 0.15) is 30.3 Å². The van der Waals surface area contributed by atoms with E-state index in [1.165, 1.54) is 11.8 Å². The van der Waals surface area contributed by atoms with E-state index < -0.39 is 0 Å². The highest BCUT2D eigenvalue weighted by Gasteiger charge is 2.30. The fourth-order valence-corrected chi connectivity index (χ4v) is 3.60. The second kappa shape index (κ2) is 6.90. The standard InChI is InChI=1S/C19H15ClN4O2S/c20-13-3-6-17(21-9-13)27-19-16(23-18(26-19)11-1-2-11)10-25-14-4-5-15-12(7-14)8-22-24-15/h3-9,11H,1-2,10H2,(H,22,24). The van der Waals surface area contributed by atoms with Crippen molar-refractivity contribution in [2.24, 2.45) is 0 Å². The van der Waals surface area contributed by atoms with Gasteiger partial charge in [-0.15, -0.1) is 0 Å². The van der Waals surface area contributed by atoms with Gasteiger partial charge >= 0.3 is 0 Å². The first kappa shape index (κ1) is 16.6. The van der Waals surface area contributed by atoms with E-state index in [9.17, 15) is 0 Å². The molecule has 1 aliphatic carbocycles. The number of hydrogen-bond acceptors (Lipinski definition) is 6. The van der Waals surface area contributed by atoms with Crippen LogP contribution in [-0.2, 0) is 6.61 Å². The topological polar surface area (TPSA) is 76.8 Å². The summed E-state index contributed by atoms with van der Waals surface area (Å²) in [5.74, 6) is 1.98. The molecule has 1 aromatic carbocycles. The second-order valence-electron chi connectivity index (χ2n) is 6.38. The van der Waals surface area contributed by atoms with Crippen molar-refractivity contribution in [3.63, 3.8) is 0 Å². The molecular weight excluding hydrogens is 384 g/mol. The number of pyridine rings is 1. The van der Waals surface area contributed by atoms with E-state index in [1.54, 1.807) is 12.4 Å². The van der Waals surface area contributed by atoms with Gasteiger partial charge in [0.1, 0.15) is 23.1 Å². The molecule has 0 saturated heterocycles. The summed E-state index contributed by atoms with van der Waals surface area (Å²) in [6.45, 7) is 0.329. The molecule has 0 amide bonds. The molecule has 27 heavy (non-hydrogen) atoms. The Morgan fingerprint density at radius 1 is 1.22 bits per heavy atom. The molecule has 0 aliphatic heterocycles. The Bertz CT molecular complexity index is 1090. The molecule has 1 aliphatic rings. The molecular formula is C19H15ClN4O2S. The Hall–Kier alpha value is -2.51. The lowest BCUT2D eigenvalue weighted by Gasteiger charge is -2.05. The number of halogens is 1. The summed E-state index contributed by atoms with van der Waals surface area (Å²) in [5, 5.41) is 10.1. The smallest absolute Gasteiger partial charge is 0.199 e. The summed E-state index contributed by atoms with van der Waals surface area (Å²) in [4.78, 5) is 8.99. The number of H-pyrrole nitrogens is 1. The SMILES string of the molecule is Clc1ccc(Sc2oc(C3CC3)nc2COc2ccc3[nH]ncc3c2)nc1. The van der Waals surface area contributed by atoms with Gasteiger partial charge in [0.25, 0.3) is 0 Å². The van der Waals surface area contributed by atoms with Crippen LogP contribution in [0.4, 0.5) is 0 Å². The van der Waals surface area contributed by atoms with Crippen molar-refractivity contribution < 1.29 is 9.15 Å². The molecule has 8 heteroatoms. The highest BCUT2D eigenvalue weighted by molar-refractivity contribution is 7.99. The predicted molar refractivity (Wildman–Crippen MR) is 102 cm³/mol. The number of ether oxygens (including phenoxy) is 1. The molecule has 0 unspecified atom stereocenters. The number of nitrogens with one attached hydrogen (secondary N) is 1. The first-order valence-electron chi connectivity index (χ1n) is 8.59. The molecule has 6 nitrogen and oxygen atoms in total. The highest BCUT2D eigenvalue weighted by Crippen LogP contribution is 2.42. The number of aromatic amines is 1. The molecule has 4 aromatic rings. The normalized spacial score (nSPS) is 14.0. The van der Waals surface area contributed by atoms with Crippen molar-refractivity contribution in [3.8, 4) is 5.75 Å². The van der Waals surface area contributed by atoms with Gasteiger partial charge in [-0.05, 0) is 54.9 Å². The number of benzene rings is 1. The monoisotopic (exact) mass is 398 g/mol. The maximum atomic E-state index is 6.00. The van der Waals surface area contributed by atoms with Gasteiger partial charge in [-0.25, -0.2) is 9.97 Å². The van der Waals surface area contributed by atoms with Crippen LogP contribution in [0, 0.1) is 0 Å². The van der Waals surface area contributed by atoms with E-state index in [-0.39, 0.29) is 0 Å². The minimum Gasteiger partial charge on any atom is -0.487 e. The van der Waals surface area contributed by atoms with Crippen LogP contribution >= 0.6 is 23.4 Å². The van der Waals surface area contributed by atoms with Gasteiger partial charge in [-0.1, -0.05) is 11.6 Å². The van der Waals surface area contributed by atoms with Gasteiger partial charge in [-0.2, -0.15) is 5.10 Å². The molecule has 1 N–H and O–H groups in total. The number of hydrogen-bond donors (Lipinski definition) is 1. The summed E-state index contributed by atoms with van der Waals surface area (Å²) in [6, 6.07) is 9.49. The second-order valence-corrected chi connectivity index (χ2v) is 7.81. The Kier molecular flexibility index (Phi) is 4.26. The van der Waals surface area contributed by atoms with Crippen molar-refractivity contribution in [2.45, 2.75) is 35.5 Å². The lowest BCUT2D eigenvalue weighted by molar-refractivity contribution is 0.294. The predicted octanol–water partition coefficient (Wildman–Crippen LogP) is 5.21. The van der Waals surface area contributed by atoms with Gasteiger partial charge in [0.2, 0.25) is 0 Å². The first-order valence-corrected chi connectivity index (χ1v) is 9.79. The summed E-state index contributed by atoms with van der Waals surface area (Å²) >= 11 is 7.35. The van der Waals surface area contributed by atoms with Crippen LogP contribution in [0.5, 0.6) is 5.75 Å². The van der Waals surface area contributed by atoms with Gasteiger partial charge < -0.3 is 9.15 Å². The van der Waals surface area contributed by atoms with E-state index in [4.69, 9.17) is 20.8 Å². The van der Waals surface area contributed by atoms with Gasteiger partial charge in [0.15, 0.2) is 11.0 Å². The summed E-state index contributed by atoms with van der Waals surface area (Å²) in [5.41, 5.74) is 1.76. The minimum atomic E-state index is 0.329. The molecule has 1 fully saturated rings. The quantitative estimate of drug-likeness (QED) is 0.480. The fraction of sp³-hybridized carbons (Fsp3) is 0.211. The maximum Gasteiger partial charge on any atom is 0.199 e. The average Bonchev–Trinajstić information content (AvgIpc) is 3.29. The van der Waals surface area contributed by atoms with Crippen molar-refractivity contribution in [2.75, 3.05) is 0 Å². The molecule has 136 valence electrons. The molecule has 0 radical (unpaired) electrons. The van der Waals surface area contributed by atoms with Crippen molar-refractivity contribution >= 4 is 34.3 Å². The van der Waals surface area contributed by atoms with Crippen LogP contribution in [0.3, 0.4) is 0 Å². The third-order valence-electron chi connectivity index (χ3n) is 4.29. The molecule has 0 atom stereocenters. The molecule has 3 heterocycles. The van der Waals surface area contributed by atoms with E-state index in [1.807, 2.05) is 30.3 Å². The van der Waals surface area contributed by atoms with Crippen LogP contribution < -0.4 is 4.74 Å². The van der Waals surface area contributed by atoms with Crippen molar-refractivity contribution in [1.29, 1.82) is 0 Å². The van der Waals surface area contributed by atoms with E-state index >= 15 is 0 Å². The molecule has 1 saturated carbocycles.